The molecule has 0 radical (unpaired) electrons. The van der Waals surface area contributed by atoms with Crippen molar-refractivity contribution < 1.29 is 4.79 Å². The van der Waals surface area contributed by atoms with E-state index in [0.717, 1.165) is 27.8 Å². The summed E-state index contributed by atoms with van der Waals surface area (Å²) < 4.78 is 1.03. The Bertz CT molecular complexity index is 520. The molecule has 0 bridgehead atoms. The second kappa shape index (κ2) is 6.75. The first-order valence-electron chi connectivity index (χ1n) is 5.48. The first kappa shape index (κ1) is 14.9. The van der Waals surface area contributed by atoms with Crippen LogP contribution in [-0.2, 0) is 4.79 Å². The van der Waals surface area contributed by atoms with Gasteiger partial charge < -0.3 is 0 Å². The van der Waals surface area contributed by atoms with Gasteiger partial charge in [-0.15, -0.1) is 23.5 Å². The number of hydrogen-bond acceptors (Lipinski definition) is 3. The Labute approximate surface area is 130 Å². The van der Waals surface area contributed by atoms with E-state index in [1.807, 2.05) is 0 Å². The Morgan fingerprint density at radius 2 is 1.84 bits per heavy atom. The van der Waals surface area contributed by atoms with E-state index in [0.29, 0.717) is 15.8 Å². The average molecular weight is 332 g/mol. The molecule has 19 heavy (non-hydrogen) atoms. The molecule has 1 heterocycles. The fourth-order valence-electron chi connectivity index (χ4n) is 1.63. The highest BCUT2D eigenvalue weighted by atomic mass is 35.5. The second-order valence-corrected chi connectivity index (χ2v) is 7.05. The van der Waals surface area contributed by atoms with Gasteiger partial charge in [0.2, 0.25) is 6.41 Å². The highest BCUT2D eigenvalue weighted by molar-refractivity contribution is 8.25. The molecule has 1 aliphatic heterocycles. The maximum absolute atomic E-state index is 11.4. The van der Waals surface area contributed by atoms with Crippen molar-refractivity contribution in [1.29, 1.82) is 0 Å². The Kier molecular flexibility index (Phi) is 5.28. The zero-order chi connectivity index (χ0) is 13.8. The minimum Gasteiger partial charge on any atom is -0.280 e. The van der Waals surface area contributed by atoms with Crippen LogP contribution in [0.15, 0.2) is 45.8 Å². The van der Waals surface area contributed by atoms with Crippen molar-refractivity contribution in [2.45, 2.75) is 0 Å². The molecule has 0 saturated carbocycles. The van der Waals surface area contributed by atoms with Crippen molar-refractivity contribution in [3.8, 4) is 0 Å². The Morgan fingerprint density at radius 1 is 1.26 bits per heavy atom. The van der Waals surface area contributed by atoms with Crippen LogP contribution >= 0.6 is 46.7 Å². The van der Waals surface area contributed by atoms with Crippen LogP contribution in [0, 0.1) is 0 Å². The number of carbonyl (C=O) groups is 1. The van der Waals surface area contributed by atoms with Crippen molar-refractivity contribution in [3.63, 3.8) is 0 Å². The lowest BCUT2D eigenvalue weighted by atomic mass is 10.2. The number of thioether (sulfide) groups is 2. The molecule has 0 atom stereocenters. The molecular formula is C13H11Cl2NOS2. The van der Waals surface area contributed by atoms with Gasteiger partial charge in [0.1, 0.15) is 0 Å². The molecule has 1 aromatic carbocycles. The molecule has 0 aliphatic carbocycles. The zero-order valence-corrected chi connectivity index (χ0v) is 13.1. The van der Waals surface area contributed by atoms with Gasteiger partial charge in [0.05, 0.1) is 15.0 Å². The number of carbonyl (C=O) groups excluding carboxylic acids is 1. The van der Waals surface area contributed by atoms with Gasteiger partial charge in [-0.25, -0.2) is 0 Å². The fourth-order valence-corrected chi connectivity index (χ4v) is 4.64. The highest BCUT2D eigenvalue weighted by Crippen LogP contribution is 2.42. The molecular weight excluding hydrogens is 321 g/mol. The van der Waals surface area contributed by atoms with Crippen LogP contribution < -0.4 is 4.90 Å². The molecule has 2 rings (SSSR count). The van der Waals surface area contributed by atoms with E-state index in [4.69, 9.17) is 23.2 Å². The molecule has 1 fully saturated rings. The molecule has 0 unspecified atom stereocenters. The van der Waals surface area contributed by atoms with Gasteiger partial charge in [0.15, 0.2) is 0 Å². The molecule has 1 aliphatic rings. The third-order valence-electron chi connectivity index (χ3n) is 2.45. The summed E-state index contributed by atoms with van der Waals surface area (Å²) >= 11 is 15.3. The highest BCUT2D eigenvalue weighted by Gasteiger charge is 2.22. The summed E-state index contributed by atoms with van der Waals surface area (Å²) in [6, 6.07) is 7.03. The molecule has 6 heteroatoms. The standard InChI is InChI=1S/C13H11Cl2NOS2/c1-9(14)12(13-18-6-7-19-13)16(8-17)11-4-2-10(15)3-5-11/h2-5,8H,1,6-7H2. The molecule has 1 amide bonds. The summed E-state index contributed by atoms with van der Waals surface area (Å²) in [5.74, 6) is 2.03. The molecule has 0 spiro atoms. The maximum Gasteiger partial charge on any atom is 0.218 e. The monoisotopic (exact) mass is 331 g/mol. The van der Waals surface area contributed by atoms with Gasteiger partial charge in [-0.3, -0.25) is 9.69 Å². The lowest BCUT2D eigenvalue weighted by Crippen LogP contribution is -2.21. The predicted molar refractivity (Wildman–Crippen MR) is 86.9 cm³/mol. The smallest absolute Gasteiger partial charge is 0.218 e. The molecule has 2 nitrogen and oxygen atoms in total. The average Bonchev–Trinajstić information content (AvgIpc) is 2.90. The predicted octanol–water partition coefficient (Wildman–Crippen LogP) is 4.70. The summed E-state index contributed by atoms with van der Waals surface area (Å²) in [5, 5.41) is 0.983. The van der Waals surface area contributed by atoms with Crippen molar-refractivity contribution in [1.82, 2.24) is 0 Å². The fraction of sp³-hybridized carbons (Fsp3) is 0.154. The van der Waals surface area contributed by atoms with E-state index in [2.05, 4.69) is 6.58 Å². The van der Waals surface area contributed by atoms with Crippen LogP contribution in [0.1, 0.15) is 0 Å². The number of rotatable bonds is 4. The number of nitrogens with zero attached hydrogens (tertiary/aromatic N) is 1. The Hall–Kier alpha value is -0.550. The summed E-state index contributed by atoms with van der Waals surface area (Å²) in [4.78, 5) is 12.9. The van der Waals surface area contributed by atoms with E-state index in [-0.39, 0.29) is 0 Å². The summed E-state index contributed by atoms with van der Waals surface area (Å²) in [6.45, 7) is 3.77. The molecule has 0 aromatic heterocycles. The lowest BCUT2D eigenvalue weighted by Gasteiger charge is -2.22. The van der Waals surface area contributed by atoms with E-state index < -0.39 is 0 Å². The van der Waals surface area contributed by atoms with Crippen LogP contribution in [0.5, 0.6) is 0 Å². The lowest BCUT2D eigenvalue weighted by molar-refractivity contribution is -0.107. The Balaban J connectivity index is 2.43. The van der Waals surface area contributed by atoms with Crippen molar-refractivity contribution in [3.05, 3.63) is 50.8 Å². The number of amides is 1. The number of allylic oxidation sites excluding steroid dienone is 1. The van der Waals surface area contributed by atoms with E-state index in [1.54, 1.807) is 47.8 Å². The van der Waals surface area contributed by atoms with E-state index in [9.17, 15) is 4.79 Å². The van der Waals surface area contributed by atoms with Crippen LogP contribution in [0.2, 0.25) is 5.02 Å². The SMILES string of the molecule is C=C(Cl)C(=C1SCCS1)N(C=O)c1ccc(Cl)cc1. The van der Waals surface area contributed by atoms with Gasteiger partial charge in [0, 0.05) is 22.2 Å². The zero-order valence-electron chi connectivity index (χ0n) is 9.94. The maximum atomic E-state index is 11.4. The third kappa shape index (κ3) is 3.51. The van der Waals surface area contributed by atoms with Crippen LogP contribution in [-0.4, -0.2) is 17.9 Å². The summed E-state index contributed by atoms with van der Waals surface area (Å²) in [7, 11) is 0. The topological polar surface area (TPSA) is 20.3 Å². The van der Waals surface area contributed by atoms with Gasteiger partial charge in [-0.1, -0.05) is 29.8 Å². The molecule has 0 N–H and O–H groups in total. The number of hydrogen-bond donors (Lipinski definition) is 0. The van der Waals surface area contributed by atoms with Gasteiger partial charge >= 0.3 is 0 Å². The number of benzene rings is 1. The Morgan fingerprint density at radius 3 is 2.32 bits per heavy atom. The number of halogens is 2. The van der Waals surface area contributed by atoms with Crippen LogP contribution in [0.3, 0.4) is 0 Å². The van der Waals surface area contributed by atoms with Crippen LogP contribution in [0.4, 0.5) is 5.69 Å². The normalized spacial score (nSPS) is 14.3. The van der Waals surface area contributed by atoms with Gasteiger partial charge in [0.25, 0.3) is 0 Å². The minimum absolute atomic E-state index is 0.360. The van der Waals surface area contributed by atoms with E-state index >= 15 is 0 Å². The molecule has 100 valence electrons. The van der Waals surface area contributed by atoms with Gasteiger partial charge in [-0.2, -0.15) is 0 Å². The summed E-state index contributed by atoms with van der Waals surface area (Å²) in [6.07, 6.45) is 0.749. The third-order valence-corrected chi connectivity index (χ3v) is 5.58. The number of anilines is 1. The largest absolute Gasteiger partial charge is 0.280 e. The van der Waals surface area contributed by atoms with Crippen molar-refractivity contribution >= 4 is 58.8 Å². The molecule has 1 saturated heterocycles. The van der Waals surface area contributed by atoms with Crippen molar-refractivity contribution in [2.24, 2.45) is 0 Å². The first-order valence-corrected chi connectivity index (χ1v) is 8.21. The second-order valence-electron chi connectivity index (χ2n) is 3.69. The quantitative estimate of drug-likeness (QED) is 0.745. The minimum atomic E-state index is 0.360. The van der Waals surface area contributed by atoms with E-state index in [1.165, 1.54) is 4.90 Å². The molecule has 1 aromatic rings. The van der Waals surface area contributed by atoms with Crippen molar-refractivity contribution in [2.75, 3.05) is 16.4 Å². The summed E-state index contributed by atoms with van der Waals surface area (Å²) in [5.41, 5.74) is 1.38. The van der Waals surface area contributed by atoms with Crippen LogP contribution in [0.25, 0.3) is 0 Å². The van der Waals surface area contributed by atoms with Gasteiger partial charge in [-0.05, 0) is 24.3 Å². The first-order chi connectivity index (χ1) is 9.13.